The minimum absolute atomic E-state index is 0.0870. The molecule has 156 valence electrons. The van der Waals surface area contributed by atoms with Gasteiger partial charge in [-0.3, -0.25) is 4.79 Å². The van der Waals surface area contributed by atoms with Crippen molar-refractivity contribution in [2.24, 2.45) is 0 Å². The number of ether oxygens (including phenoxy) is 1. The summed E-state index contributed by atoms with van der Waals surface area (Å²) in [6.07, 6.45) is 1.70. The Morgan fingerprint density at radius 2 is 1.93 bits per heavy atom. The monoisotopic (exact) mass is 456 g/mol. The Kier molecular flexibility index (Phi) is 7.19. The predicted molar refractivity (Wildman–Crippen MR) is 113 cm³/mol. The van der Waals surface area contributed by atoms with Gasteiger partial charge in [-0.25, -0.2) is 13.1 Å². The second-order valence-corrected chi connectivity index (χ2v) is 9.48. The zero-order valence-electron chi connectivity index (χ0n) is 15.8. The SMILES string of the molecule is CC(NC(=O)c1ccc(S(=O)(=O)NCC2CCCO2)cc1)c1ccc(Cl)cc1Cl. The highest BCUT2D eigenvalue weighted by atomic mass is 35.5. The van der Waals surface area contributed by atoms with Crippen LogP contribution in [0.3, 0.4) is 0 Å². The van der Waals surface area contributed by atoms with Gasteiger partial charge in [-0.2, -0.15) is 0 Å². The molecule has 1 heterocycles. The van der Waals surface area contributed by atoms with Gasteiger partial charge >= 0.3 is 0 Å². The molecule has 3 rings (SSSR count). The molecule has 2 atom stereocenters. The molecule has 2 aromatic rings. The van der Waals surface area contributed by atoms with Crippen molar-refractivity contribution in [3.05, 3.63) is 63.6 Å². The smallest absolute Gasteiger partial charge is 0.251 e. The number of nitrogens with one attached hydrogen (secondary N) is 2. The first-order valence-electron chi connectivity index (χ1n) is 9.23. The fourth-order valence-electron chi connectivity index (χ4n) is 3.09. The highest BCUT2D eigenvalue weighted by Crippen LogP contribution is 2.26. The summed E-state index contributed by atoms with van der Waals surface area (Å²) < 4.78 is 32.8. The maximum atomic E-state index is 12.5. The second-order valence-electron chi connectivity index (χ2n) is 6.87. The third-order valence-corrected chi connectivity index (χ3v) is 6.73. The molecule has 1 aliphatic rings. The summed E-state index contributed by atoms with van der Waals surface area (Å²) in [6, 6.07) is 10.5. The summed E-state index contributed by atoms with van der Waals surface area (Å²) in [5, 5.41) is 3.82. The van der Waals surface area contributed by atoms with Crippen LogP contribution in [0.4, 0.5) is 0 Å². The molecule has 0 aromatic heterocycles. The van der Waals surface area contributed by atoms with Gasteiger partial charge in [-0.15, -0.1) is 0 Å². The van der Waals surface area contributed by atoms with Crippen molar-refractivity contribution in [2.75, 3.05) is 13.2 Å². The zero-order valence-corrected chi connectivity index (χ0v) is 18.2. The standard InChI is InChI=1S/C20H22Cl2N2O4S/c1-13(18-9-6-15(21)11-19(18)22)24-20(25)14-4-7-17(8-5-14)29(26,27)23-12-16-3-2-10-28-16/h4-9,11,13,16,23H,2-3,10,12H2,1H3,(H,24,25). The van der Waals surface area contributed by atoms with E-state index in [2.05, 4.69) is 10.0 Å². The zero-order chi connectivity index (χ0) is 21.0. The Balaban J connectivity index is 1.63. The van der Waals surface area contributed by atoms with E-state index in [0.29, 0.717) is 22.2 Å². The van der Waals surface area contributed by atoms with E-state index in [9.17, 15) is 13.2 Å². The molecule has 1 amide bonds. The molecule has 29 heavy (non-hydrogen) atoms. The predicted octanol–water partition coefficient (Wildman–Crippen LogP) is 3.94. The number of sulfonamides is 1. The summed E-state index contributed by atoms with van der Waals surface area (Å²) >= 11 is 12.1. The van der Waals surface area contributed by atoms with Gasteiger partial charge in [-0.05, 0) is 61.7 Å². The Bertz CT molecular complexity index is 974. The van der Waals surface area contributed by atoms with Crippen LogP contribution >= 0.6 is 23.2 Å². The molecule has 0 bridgehead atoms. The first-order chi connectivity index (χ1) is 13.8. The molecule has 0 saturated carbocycles. The Morgan fingerprint density at radius 1 is 1.21 bits per heavy atom. The van der Waals surface area contributed by atoms with Crippen molar-refractivity contribution in [1.29, 1.82) is 0 Å². The number of hydrogen-bond acceptors (Lipinski definition) is 4. The molecule has 2 aromatic carbocycles. The average Bonchev–Trinajstić information content (AvgIpc) is 3.20. The molecule has 0 spiro atoms. The van der Waals surface area contributed by atoms with Crippen LogP contribution in [-0.4, -0.2) is 33.6 Å². The average molecular weight is 457 g/mol. The third-order valence-electron chi connectivity index (χ3n) is 4.73. The lowest BCUT2D eigenvalue weighted by Crippen LogP contribution is -2.32. The molecule has 2 N–H and O–H groups in total. The highest BCUT2D eigenvalue weighted by molar-refractivity contribution is 7.89. The number of halogens is 2. The number of carbonyl (C=O) groups is 1. The van der Waals surface area contributed by atoms with Crippen molar-refractivity contribution >= 4 is 39.1 Å². The molecule has 0 radical (unpaired) electrons. The number of carbonyl (C=O) groups excluding carboxylic acids is 1. The highest BCUT2D eigenvalue weighted by Gasteiger charge is 2.21. The van der Waals surface area contributed by atoms with Crippen LogP contribution in [-0.2, 0) is 14.8 Å². The molecular weight excluding hydrogens is 435 g/mol. The first-order valence-corrected chi connectivity index (χ1v) is 11.5. The van der Waals surface area contributed by atoms with Gasteiger partial charge in [0.1, 0.15) is 0 Å². The van der Waals surface area contributed by atoms with Crippen LogP contribution < -0.4 is 10.0 Å². The second kappa shape index (κ2) is 9.45. The van der Waals surface area contributed by atoms with Gasteiger partial charge in [0, 0.05) is 28.8 Å². The lowest BCUT2D eigenvalue weighted by Gasteiger charge is -2.16. The fourth-order valence-corrected chi connectivity index (χ4v) is 4.73. The number of hydrogen-bond donors (Lipinski definition) is 2. The maximum absolute atomic E-state index is 12.5. The van der Waals surface area contributed by atoms with E-state index in [1.165, 1.54) is 24.3 Å². The van der Waals surface area contributed by atoms with Crippen molar-refractivity contribution in [3.63, 3.8) is 0 Å². The lowest BCUT2D eigenvalue weighted by atomic mass is 10.1. The summed E-state index contributed by atoms with van der Waals surface area (Å²) in [5.74, 6) is -0.334. The maximum Gasteiger partial charge on any atom is 0.251 e. The Labute approximate surface area is 180 Å². The lowest BCUT2D eigenvalue weighted by molar-refractivity contribution is 0.0940. The quantitative estimate of drug-likeness (QED) is 0.660. The van der Waals surface area contributed by atoms with Crippen LogP contribution in [0.15, 0.2) is 47.4 Å². The minimum Gasteiger partial charge on any atom is -0.377 e. The van der Waals surface area contributed by atoms with Crippen LogP contribution in [0.25, 0.3) is 0 Å². The van der Waals surface area contributed by atoms with E-state index in [1.54, 1.807) is 25.1 Å². The molecule has 6 nitrogen and oxygen atoms in total. The summed E-state index contributed by atoms with van der Waals surface area (Å²) in [4.78, 5) is 12.6. The molecular formula is C20H22Cl2N2O4S. The number of benzene rings is 2. The van der Waals surface area contributed by atoms with E-state index in [0.717, 1.165) is 18.4 Å². The van der Waals surface area contributed by atoms with Gasteiger partial charge in [0.25, 0.3) is 5.91 Å². The van der Waals surface area contributed by atoms with Gasteiger partial charge in [0.05, 0.1) is 17.0 Å². The third kappa shape index (κ3) is 5.71. The molecule has 9 heteroatoms. The van der Waals surface area contributed by atoms with Crippen LogP contribution in [0.5, 0.6) is 0 Å². The summed E-state index contributed by atoms with van der Waals surface area (Å²) in [6.45, 7) is 2.71. The first kappa shape index (κ1) is 22.1. The normalized spacial score (nSPS) is 17.8. The van der Waals surface area contributed by atoms with Gasteiger partial charge in [0.15, 0.2) is 0 Å². The van der Waals surface area contributed by atoms with Gasteiger partial charge in [-0.1, -0.05) is 29.3 Å². The Hall–Kier alpha value is -1.64. The molecule has 0 aliphatic carbocycles. The van der Waals surface area contributed by atoms with Crippen LogP contribution in [0.1, 0.15) is 41.7 Å². The molecule has 2 unspecified atom stereocenters. The van der Waals surface area contributed by atoms with E-state index in [4.69, 9.17) is 27.9 Å². The van der Waals surface area contributed by atoms with E-state index < -0.39 is 10.0 Å². The van der Waals surface area contributed by atoms with E-state index in [-0.39, 0.29) is 29.5 Å². The van der Waals surface area contributed by atoms with Crippen LogP contribution in [0.2, 0.25) is 10.0 Å². The van der Waals surface area contributed by atoms with Crippen molar-refractivity contribution in [2.45, 2.75) is 36.8 Å². The van der Waals surface area contributed by atoms with Crippen molar-refractivity contribution in [3.8, 4) is 0 Å². The molecule has 1 fully saturated rings. The summed E-state index contributed by atoms with van der Waals surface area (Å²) in [5.41, 5.74) is 1.09. The van der Waals surface area contributed by atoms with Gasteiger partial charge in [0.2, 0.25) is 10.0 Å². The molecule has 1 aliphatic heterocycles. The summed E-state index contributed by atoms with van der Waals surface area (Å²) in [7, 11) is -3.66. The topological polar surface area (TPSA) is 84.5 Å². The number of rotatable bonds is 7. The number of amides is 1. The fraction of sp³-hybridized carbons (Fsp3) is 0.350. The van der Waals surface area contributed by atoms with Gasteiger partial charge < -0.3 is 10.1 Å². The van der Waals surface area contributed by atoms with E-state index >= 15 is 0 Å². The Morgan fingerprint density at radius 3 is 2.55 bits per heavy atom. The minimum atomic E-state index is -3.66. The van der Waals surface area contributed by atoms with Crippen molar-refractivity contribution < 1.29 is 17.9 Å². The largest absolute Gasteiger partial charge is 0.377 e. The van der Waals surface area contributed by atoms with Crippen molar-refractivity contribution in [1.82, 2.24) is 10.0 Å². The molecule has 1 saturated heterocycles. The van der Waals surface area contributed by atoms with E-state index in [1.807, 2.05) is 0 Å². The van der Waals surface area contributed by atoms with Crippen LogP contribution in [0, 0.1) is 0 Å².